The summed E-state index contributed by atoms with van der Waals surface area (Å²) in [5.41, 5.74) is 1.89. The van der Waals surface area contributed by atoms with Crippen molar-refractivity contribution in [2.45, 2.75) is 58.4 Å². The van der Waals surface area contributed by atoms with Gasteiger partial charge in [0.05, 0.1) is 18.8 Å². The Labute approximate surface area is 167 Å². The van der Waals surface area contributed by atoms with Crippen LogP contribution >= 0.6 is 0 Å². The van der Waals surface area contributed by atoms with Crippen molar-refractivity contribution < 1.29 is 13.9 Å². The van der Waals surface area contributed by atoms with Crippen molar-refractivity contribution in [2.75, 3.05) is 13.1 Å². The third kappa shape index (κ3) is 4.47. The molecule has 4 unspecified atom stereocenters. The van der Waals surface area contributed by atoms with Crippen LogP contribution in [0.2, 0.25) is 0 Å². The van der Waals surface area contributed by atoms with Crippen molar-refractivity contribution in [2.24, 2.45) is 5.92 Å². The number of hydrogen-bond donors (Lipinski definition) is 1. The number of carbonyl (C=O) groups excluding carboxylic acids is 1. The molecule has 2 heterocycles. The topological polar surface area (TPSA) is 54.7 Å². The minimum absolute atomic E-state index is 0.0823. The van der Waals surface area contributed by atoms with Crippen molar-refractivity contribution in [1.82, 2.24) is 10.2 Å². The Balaban J connectivity index is 1.27. The van der Waals surface area contributed by atoms with Crippen LogP contribution < -0.4 is 5.32 Å². The monoisotopic (exact) mass is 382 g/mol. The maximum atomic E-state index is 12.7. The first-order valence-corrected chi connectivity index (χ1v) is 10.3. The summed E-state index contributed by atoms with van der Waals surface area (Å²) < 4.78 is 11.6. The summed E-state index contributed by atoms with van der Waals surface area (Å²) in [6, 6.07) is 12.1. The molecule has 1 amide bonds. The average Bonchev–Trinajstić information content (AvgIpc) is 3.21. The average molecular weight is 383 g/mol. The second-order valence-corrected chi connectivity index (χ2v) is 8.39. The van der Waals surface area contributed by atoms with Crippen LogP contribution in [0.15, 0.2) is 40.8 Å². The Hall–Kier alpha value is -2.11. The number of nitrogens with zero attached hydrogens (tertiary/aromatic N) is 1. The quantitative estimate of drug-likeness (QED) is 0.822. The fourth-order valence-corrected chi connectivity index (χ4v) is 4.03. The lowest BCUT2D eigenvalue weighted by Gasteiger charge is -2.35. The van der Waals surface area contributed by atoms with Gasteiger partial charge in [-0.2, -0.15) is 0 Å². The number of furan rings is 1. The first-order valence-electron chi connectivity index (χ1n) is 10.3. The van der Waals surface area contributed by atoms with Gasteiger partial charge < -0.3 is 19.4 Å². The van der Waals surface area contributed by atoms with Gasteiger partial charge in [-0.1, -0.05) is 19.1 Å². The van der Waals surface area contributed by atoms with E-state index in [2.05, 4.69) is 24.4 Å². The highest BCUT2D eigenvalue weighted by atomic mass is 16.5. The van der Waals surface area contributed by atoms with E-state index in [0.717, 1.165) is 35.1 Å². The summed E-state index contributed by atoms with van der Waals surface area (Å²) in [6.45, 7) is 9.05. The number of morpholine rings is 1. The molecule has 1 aliphatic carbocycles. The number of rotatable bonds is 6. The predicted octanol–water partition coefficient (Wildman–Crippen LogP) is 3.94. The summed E-state index contributed by atoms with van der Waals surface area (Å²) >= 11 is 0. The molecule has 0 bridgehead atoms. The van der Waals surface area contributed by atoms with E-state index in [1.807, 2.05) is 43.0 Å². The lowest BCUT2D eigenvalue weighted by atomic mass is 10.1. The number of ether oxygens (including phenoxy) is 1. The normalized spacial score (nSPS) is 27.0. The summed E-state index contributed by atoms with van der Waals surface area (Å²) in [6.07, 6.45) is 1.41. The highest BCUT2D eigenvalue weighted by Crippen LogP contribution is 2.47. The summed E-state index contributed by atoms with van der Waals surface area (Å²) in [5, 5.41) is 3.42. The van der Waals surface area contributed by atoms with Crippen LogP contribution in [0, 0.1) is 5.92 Å². The molecule has 4 rings (SSSR count). The third-order valence-electron chi connectivity index (χ3n) is 5.69. The molecule has 1 aromatic heterocycles. The van der Waals surface area contributed by atoms with E-state index in [1.165, 1.54) is 6.42 Å². The Morgan fingerprint density at radius 2 is 1.71 bits per heavy atom. The molecule has 1 aliphatic heterocycles. The van der Waals surface area contributed by atoms with E-state index in [-0.39, 0.29) is 18.1 Å². The van der Waals surface area contributed by atoms with Gasteiger partial charge in [-0.25, -0.2) is 0 Å². The molecule has 1 saturated carbocycles. The molecule has 4 atom stereocenters. The molecule has 5 nitrogen and oxygen atoms in total. The molecule has 0 spiro atoms. The van der Waals surface area contributed by atoms with E-state index in [1.54, 1.807) is 0 Å². The molecular weight excluding hydrogens is 352 g/mol. The van der Waals surface area contributed by atoms with Gasteiger partial charge in [0.25, 0.3) is 5.91 Å². The molecule has 2 aromatic rings. The van der Waals surface area contributed by atoms with Crippen molar-refractivity contribution in [3.05, 3.63) is 59.0 Å². The minimum Gasteiger partial charge on any atom is -0.464 e. The Bertz CT molecular complexity index is 804. The molecule has 5 heteroatoms. The van der Waals surface area contributed by atoms with Crippen LogP contribution in [0.1, 0.15) is 60.6 Å². The molecule has 2 fully saturated rings. The van der Waals surface area contributed by atoms with E-state index in [4.69, 9.17) is 9.15 Å². The van der Waals surface area contributed by atoms with Gasteiger partial charge in [0.15, 0.2) is 0 Å². The number of benzene rings is 1. The fraction of sp³-hybridized carbons (Fsp3) is 0.522. The molecule has 1 saturated heterocycles. The standard InChI is InChI=1S/C23H30N2O3/c1-15-10-21(15)22-9-8-20(28-22)12-24-11-18-4-6-19(7-5-18)23(26)25-13-16(2)27-17(3)14-25/h4-9,15-17,21,24H,10-14H2,1-3H3. The van der Waals surface area contributed by atoms with E-state index >= 15 is 0 Å². The number of amides is 1. The summed E-state index contributed by atoms with van der Waals surface area (Å²) in [4.78, 5) is 14.6. The highest BCUT2D eigenvalue weighted by Gasteiger charge is 2.36. The van der Waals surface area contributed by atoms with Gasteiger partial charge in [-0.3, -0.25) is 4.79 Å². The summed E-state index contributed by atoms with van der Waals surface area (Å²) in [5.74, 6) is 3.57. The number of nitrogens with one attached hydrogen (secondary N) is 1. The molecule has 2 aliphatic rings. The first kappa shape index (κ1) is 19.2. The van der Waals surface area contributed by atoms with E-state index < -0.39 is 0 Å². The highest BCUT2D eigenvalue weighted by molar-refractivity contribution is 5.94. The SMILES string of the molecule is CC1CN(C(=O)c2ccc(CNCc3ccc(C4CC4C)o3)cc2)CC(C)O1. The zero-order valence-electron chi connectivity index (χ0n) is 17.0. The van der Waals surface area contributed by atoms with Gasteiger partial charge in [0.1, 0.15) is 11.5 Å². The van der Waals surface area contributed by atoms with Gasteiger partial charge in [0.2, 0.25) is 0 Å². The molecule has 1 N–H and O–H groups in total. The largest absolute Gasteiger partial charge is 0.464 e. The van der Waals surface area contributed by atoms with Crippen molar-refractivity contribution in [3.63, 3.8) is 0 Å². The lowest BCUT2D eigenvalue weighted by molar-refractivity contribution is -0.0586. The molecule has 150 valence electrons. The van der Waals surface area contributed by atoms with Crippen LogP contribution in [-0.2, 0) is 17.8 Å². The Kier molecular flexibility index (Phi) is 5.56. The Morgan fingerprint density at radius 3 is 2.36 bits per heavy atom. The third-order valence-corrected chi connectivity index (χ3v) is 5.69. The van der Waals surface area contributed by atoms with E-state index in [0.29, 0.717) is 25.6 Å². The van der Waals surface area contributed by atoms with Crippen LogP contribution in [-0.4, -0.2) is 36.1 Å². The van der Waals surface area contributed by atoms with Gasteiger partial charge >= 0.3 is 0 Å². The number of hydrogen-bond acceptors (Lipinski definition) is 4. The predicted molar refractivity (Wildman–Crippen MR) is 108 cm³/mol. The number of carbonyl (C=O) groups is 1. The van der Waals surface area contributed by atoms with Crippen molar-refractivity contribution in [1.29, 1.82) is 0 Å². The molecule has 1 aromatic carbocycles. The molecular formula is C23H30N2O3. The zero-order chi connectivity index (χ0) is 19.7. The minimum atomic E-state index is 0.0823. The maximum Gasteiger partial charge on any atom is 0.254 e. The molecule has 0 radical (unpaired) electrons. The smallest absolute Gasteiger partial charge is 0.254 e. The first-order chi connectivity index (χ1) is 13.5. The van der Waals surface area contributed by atoms with Gasteiger partial charge in [-0.05, 0) is 56.0 Å². The van der Waals surface area contributed by atoms with Crippen LogP contribution in [0.4, 0.5) is 0 Å². The fourth-order valence-electron chi connectivity index (χ4n) is 4.03. The Morgan fingerprint density at radius 1 is 1.04 bits per heavy atom. The van der Waals surface area contributed by atoms with Crippen LogP contribution in [0.5, 0.6) is 0 Å². The maximum absolute atomic E-state index is 12.7. The summed E-state index contributed by atoms with van der Waals surface area (Å²) in [7, 11) is 0. The van der Waals surface area contributed by atoms with Gasteiger partial charge in [-0.15, -0.1) is 0 Å². The van der Waals surface area contributed by atoms with Crippen LogP contribution in [0.25, 0.3) is 0 Å². The van der Waals surface area contributed by atoms with Gasteiger partial charge in [0, 0.05) is 31.1 Å². The second kappa shape index (κ2) is 8.10. The second-order valence-electron chi connectivity index (χ2n) is 8.39. The molecule has 28 heavy (non-hydrogen) atoms. The van der Waals surface area contributed by atoms with Crippen molar-refractivity contribution >= 4 is 5.91 Å². The van der Waals surface area contributed by atoms with Crippen molar-refractivity contribution in [3.8, 4) is 0 Å². The zero-order valence-corrected chi connectivity index (χ0v) is 17.0. The van der Waals surface area contributed by atoms with E-state index in [9.17, 15) is 4.79 Å². The lowest BCUT2D eigenvalue weighted by Crippen LogP contribution is -2.48. The van der Waals surface area contributed by atoms with Crippen LogP contribution in [0.3, 0.4) is 0 Å².